The lowest BCUT2D eigenvalue weighted by Crippen LogP contribution is -2.42. The Kier molecular flexibility index (Phi) is 5.07. The second-order valence-electron chi connectivity index (χ2n) is 7.04. The number of fused-ring (bicyclic) bond motifs is 1. The molecule has 0 bridgehead atoms. The zero-order chi connectivity index (χ0) is 19.8. The van der Waals surface area contributed by atoms with Crippen LogP contribution in [-0.2, 0) is 11.9 Å². The molecule has 1 fully saturated rings. The molecule has 0 aliphatic carbocycles. The molecule has 1 aliphatic rings. The second kappa shape index (κ2) is 7.51. The minimum atomic E-state index is 0.219. The number of nitrogens with one attached hydrogen (secondary N) is 1. The third-order valence-electron chi connectivity index (χ3n) is 5.20. The van der Waals surface area contributed by atoms with Gasteiger partial charge < -0.3 is 15.9 Å². The lowest BCUT2D eigenvalue weighted by molar-refractivity contribution is 0.210. The number of rotatable bonds is 4. The summed E-state index contributed by atoms with van der Waals surface area (Å²) < 4.78 is 4.23. The van der Waals surface area contributed by atoms with Crippen LogP contribution in [0.15, 0.2) is 28.2 Å². The van der Waals surface area contributed by atoms with Crippen molar-refractivity contribution in [2.45, 2.75) is 31.7 Å². The molecule has 0 amide bonds. The van der Waals surface area contributed by atoms with Gasteiger partial charge in [0.1, 0.15) is 12.9 Å². The van der Waals surface area contributed by atoms with Crippen molar-refractivity contribution in [1.82, 2.24) is 29.7 Å². The van der Waals surface area contributed by atoms with Gasteiger partial charge in [-0.05, 0) is 35.7 Å². The number of aryl methyl sites for hydroxylation is 1. The van der Waals surface area contributed by atoms with E-state index in [1.165, 1.54) is 0 Å². The Morgan fingerprint density at radius 3 is 2.82 bits per heavy atom. The molecule has 148 valence electrons. The average molecular weight is 447 g/mol. The maximum atomic E-state index is 6.37. The number of piperidine rings is 1. The van der Waals surface area contributed by atoms with Crippen molar-refractivity contribution in [1.29, 1.82) is 0 Å². The van der Waals surface area contributed by atoms with E-state index in [1.54, 1.807) is 28.7 Å². The highest BCUT2D eigenvalue weighted by molar-refractivity contribution is 9.10. The monoisotopic (exact) mass is 446 g/mol. The van der Waals surface area contributed by atoms with Crippen molar-refractivity contribution in [3.8, 4) is 11.1 Å². The van der Waals surface area contributed by atoms with Gasteiger partial charge in [-0.25, -0.2) is 4.98 Å². The summed E-state index contributed by atoms with van der Waals surface area (Å²) in [6.07, 6.45) is 7.47. The van der Waals surface area contributed by atoms with Gasteiger partial charge >= 0.3 is 0 Å². The molecule has 4 rings (SSSR count). The number of hydrogen-bond donors (Lipinski definition) is 2. The summed E-state index contributed by atoms with van der Waals surface area (Å²) in [5.74, 6) is 0.791. The molecule has 1 aliphatic heterocycles. The summed E-state index contributed by atoms with van der Waals surface area (Å²) in [5, 5.41) is 16.3. The fourth-order valence-electron chi connectivity index (χ4n) is 3.70. The molecule has 0 aromatic carbocycles. The molecular weight excluding hydrogens is 424 g/mol. The summed E-state index contributed by atoms with van der Waals surface area (Å²) in [6, 6.07) is 0.219. The van der Waals surface area contributed by atoms with Crippen molar-refractivity contribution in [3.63, 3.8) is 0 Å². The van der Waals surface area contributed by atoms with E-state index >= 15 is 0 Å². The Hall–Kier alpha value is -2.46. The predicted octanol–water partition coefficient (Wildman–Crippen LogP) is 2.33. The lowest BCUT2D eigenvalue weighted by atomic mass is 9.90. The molecule has 3 aromatic heterocycles. The number of halogens is 1. The van der Waals surface area contributed by atoms with Crippen molar-refractivity contribution in [3.05, 3.63) is 28.8 Å². The SMILES string of the molecule is CON=C(C)[C@@H]1CC[C@H](c2nc3c(-c4cnn(C)c4)cnn3c(N)c2Br)CN1. The molecule has 2 atom stereocenters. The van der Waals surface area contributed by atoms with Gasteiger partial charge in [0.05, 0.1) is 28.3 Å². The molecule has 0 radical (unpaired) electrons. The van der Waals surface area contributed by atoms with Crippen LogP contribution in [0.25, 0.3) is 16.8 Å². The quantitative estimate of drug-likeness (QED) is 0.470. The van der Waals surface area contributed by atoms with Crippen molar-refractivity contribution >= 4 is 33.1 Å². The highest BCUT2D eigenvalue weighted by Gasteiger charge is 2.28. The van der Waals surface area contributed by atoms with Crippen molar-refractivity contribution in [2.24, 2.45) is 12.2 Å². The minimum Gasteiger partial charge on any atom is -0.399 e. The van der Waals surface area contributed by atoms with E-state index < -0.39 is 0 Å². The van der Waals surface area contributed by atoms with Gasteiger partial charge in [-0.2, -0.15) is 14.7 Å². The number of anilines is 1. The number of nitrogen functional groups attached to an aromatic ring is 1. The molecule has 0 saturated carbocycles. The van der Waals surface area contributed by atoms with E-state index in [1.807, 2.05) is 20.2 Å². The van der Waals surface area contributed by atoms with Crippen LogP contribution in [0, 0.1) is 0 Å². The van der Waals surface area contributed by atoms with Crippen molar-refractivity contribution in [2.75, 3.05) is 19.4 Å². The molecule has 10 heteroatoms. The van der Waals surface area contributed by atoms with Crippen LogP contribution in [0.5, 0.6) is 0 Å². The molecule has 4 heterocycles. The molecule has 9 nitrogen and oxygen atoms in total. The first-order valence-electron chi connectivity index (χ1n) is 9.12. The van der Waals surface area contributed by atoms with E-state index in [4.69, 9.17) is 15.6 Å². The van der Waals surface area contributed by atoms with Crippen molar-refractivity contribution < 1.29 is 4.84 Å². The Morgan fingerprint density at radius 1 is 1.36 bits per heavy atom. The summed E-state index contributed by atoms with van der Waals surface area (Å²) in [5.41, 5.74) is 10.9. The normalized spacial score (nSPS) is 20.6. The summed E-state index contributed by atoms with van der Waals surface area (Å²) in [4.78, 5) is 9.85. The Bertz CT molecular complexity index is 1030. The van der Waals surface area contributed by atoms with Crippen LogP contribution in [0.1, 0.15) is 31.4 Å². The van der Waals surface area contributed by atoms with E-state index in [0.29, 0.717) is 5.82 Å². The Labute approximate surface area is 171 Å². The van der Waals surface area contributed by atoms with Gasteiger partial charge in [-0.15, -0.1) is 0 Å². The average Bonchev–Trinajstić information content (AvgIpc) is 3.31. The third kappa shape index (κ3) is 3.26. The predicted molar refractivity (Wildman–Crippen MR) is 111 cm³/mol. The Morgan fingerprint density at radius 2 is 2.18 bits per heavy atom. The van der Waals surface area contributed by atoms with E-state index in [0.717, 1.165) is 52.0 Å². The minimum absolute atomic E-state index is 0.219. The highest BCUT2D eigenvalue weighted by Crippen LogP contribution is 2.35. The van der Waals surface area contributed by atoms with Gasteiger partial charge in [0.25, 0.3) is 0 Å². The maximum absolute atomic E-state index is 6.37. The second-order valence-corrected chi connectivity index (χ2v) is 7.84. The van der Waals surface area contributed by atoms with Gasteiger partial charge in [-0.1, -0.05) is 5.16 Å². The zero-order valence-corrected chi connectivity index (χ0v) is 17.6. The zero-order valence-electron chi connectivity index (χ0n) is 16.1. The molecule has 3 aromatic rings. The first-order valence-corrected chi connectivity index (χ1v) is 9.91. The first kappa shape index (κ1) is 18.9. The van der Waals surface area contributed by atoms with Crippen LogP contribution in [-0.4, -0.2) is 49.8 Å². The van der Waals surface area contributed by atoms with E-state index in [-0.39, 0.29) is 12.0 Å². The van der Waals surface area contributed by atoms with E-state index in [2.05, 4.69) is 36.6 Å². The largest absolute Gasteiger partial charge is 0.399 e. The van der Waals surface area contributed by atoms with Gasteiger partial charge in [-0.3, -0.25) is 4.68 Å². The van der Waals surface area contributed by atoms with Gasteiger partial charge in [0.2, 0.25) is 0 Å². The third-order valence-corrected chi connectivity index (χ3v) is 6.02. The number of nitrogens with two attached hydrogens (primary N) is 1. The van der Waals surface area contributed by atoms with Crippen LogP contribution in [0.3, 0.4) is 0 Å². The highest BCUT2D eigenvalue weighted by atomic mass is 79.9. The fraction of sp³-hybridized carbons (Fsp3) is 0.444. The molecule has 3 N–H and O–H groups in total. The molecule has 1 saturated heterocycles. The number of oxime groups is 1. The number of hydrogen-bond acceptors (Lipinski definition) is 7. The number of aromatic nitrogens is 5. The molecule has 28 heavy (non-hydrogen) atoms. The van der Waals surface area contributed by atoms with Crippen LogP contribution < -0.4 is 11.1 Å². The molecular formula is C18H23BrN8O. The fourth-order valence-corrected chi connectivity index (χ4v) is 4.28. The smallest absolute Gasteiger partial charge is 0.165 e. The topological polar surface area (TPSA) is 108 Å². The van der Waals surface area contributed by atoms with Gasteiger partial charge in [0, 0.05) is 42.9 Å². The van der Waals surface area contributed by atoms with Crippen LogP contribution >= 0.6 is 15.9 Å². The van der Waals surface area contributed by atoms with Gasteiger partial charge in [0.15, 0.2) is 5.65 Å². The van der Waals surface area contributed by atoms with E-state index in [9.17, 15) is 0 Å². The first-order chi connectivity index (χ1) is 13.5. The number of nitrogens with zero attached hydrogens (tertiary/aromatic N) is 6. The lowest BCUT2D eigenvalue weighted by Gasteiger charge is -2.30. The summed E-state index contributed by atoms with van der Waals surface area (Å²) in [7, 11) is 3.46. The Balaban J connectivity index is 1.68. The maximum Gasteiger partial charge on any atom is 0.165 e. The standard InChI is InChI=1S/C18H23BrN8O/c1-10(25-28-3)14-5-4-11(6-21-14)16-15(19)17(20)27-18(24-16)13(8-23-27)12-7-22-26(2)9-12/h7-9,11,14,21H,4-6,20H2,1-3H3/t11-,14-/m0/s1. The summed E-state index contributed by atoms with van der Waals surface area (Å²) >= 11 is 3.64. The van der Waals surface area contributed by atoms with Crippen LogP contribution in [0.2, 0.25) is 0 Å². The van der Waals surface area contributed by atoms with Crippen LogP contribution in [0.4, 0.5) is 5.82 Å². The summed E-state index contributed by atoms with van der Waals surface area (Å²) in [6.45, 7) is 2.77. The molecule has 0 unspecified atom stereocenters. The molecule has 0 spiro atoms.